The lowest BCUT2D eigenvalue weighted by Gasteiger charge is -2.15. The van der Waals surface area contributed by atoms with Gasteiger partial charge in [-0.25, -0.2) is 4.79 Å². The molecule has 3 rings (SSSR count). The number of amides is 2. The van der Waals surface area contributed by atoms with Gasteiger partial charge in [0.05, 0.1) is 29.7 Å². The molecule has 0 atom stereocenters. The van der Waals surface area contributed by atoms with E-state index in [2.05, 4.69) is 10.6 Å². The number of halogens is 3. The van der Waals surface area contributed by atoms with E-state index >= 15 is 0 Å². The Bertz CT molecular complexity index is 1260. The third-order valence-corrected chi connectivity index (χ3v) is 4.93. The van der Waals surface area contributed by atoms with E-state index in [1.54, 1.807) is 19.1 Å². The van der Waals surface area contributed by atoms with Gasteiger partial charge in [-0.05, 0) is 55.0 Å². The molecule has 2 N–H and O–H groups in total. The molecule has 0 aliphatic rings. The van der Waals surface area contributed by atoms with Crippen molar-refractivity contribution < 1.29 is 46.2 Å². The molecule has 1 aromatic heterocycles. The predicted molar refractivity (Wildman–Crippen MR) is 126 cm³/mol. The van der Waals surface area contributed by atoms with Crippen molar-refractivity contribution in [3.05, 3.63) is 77.2 Å². The molecule has 37 heavy (non-hydrogen) atoms. The van der Waals surface area contributed by atoms with E-state index in [1.807, 2.05) is 0 Å². The summed E-state index contributed by atoms with van der Waals surface area (Å²) in [5.74, 6) is -2.24. The van der Waals surface area contributed by atoms with Crippen LogP contribution >= 0.6 is 0 Å². The Kier molecular flexibility index (Phi) is 8.90. The standard InChI is InChI=1S/C25H23F3N2O7/c1-15-5-6-16(12-18(15)30-23(32)21-4-3-9-35-21)24(33)37-14-22(31)29-19-13-17(25(26,27)28)7-8-20(19)36-11-10-34-2/h3-9,12-13H,10-11,14H2,1-2H3,(H,29,31)(H,30,32). The Balaban J connectivity index is 1.65. The quantitative estimate of drug-likeness (QED) is 0.295. The summed E-state index contributed by atoms with van der Waals surface area (Å²) in [5.41, 5.74) is -0.231. The summed E-state index contributed by atoms with van der Waals surface area (Å²) >= 11 is 0. The second kappa shape index (κ2) is 12.1. The van der Waals surface area contributed by atoms with E-state index in [4.69, 9.17) is 18.6 Å². The van der Waals surface area contributed by atoms with Gasteiger partial charge in [-0.3, -0.25) is 9.59 Å². The lowest BCUT2D eigenvalue weighted by atomic mass is 10.1. The zero-order valence-electron chi connectivity index (χ0n) is 19.8. The van der Waals surface area contributed by atoms with Gasteiger partial charge in [0.2, 0.25) is 0 Å². The van der Waals surface area contributed by atoms with Crippen molar-refractivity contribution in [2.24, 2.45) is 0 Å². The largest absolute Gasteiger partial charge is 0.489 e. The average Bonchev–Trinajstić information content (AvgIpc) is 3.39. The van der Waals surface area contributed by atoms with Crippen molar-refractivity contribution in [2.75, 3.05) is 37.6 Å². The van der Waals surface area contributed by atoms with Gasteiger partial charge in [-0.15, -0.1) is 0 Å². The predicted octanol–water partition coefficient (Wildman–Crippen LogP) is 4.68. The number of aryl methyl sites for hydroxylation is 1. The van der Waals surface area contributed by atoms with E-state index in [-0.39, 0.29) is 36.0 Å². The van der Waals surface area contributed by atoms with Crippen LogP contribution in [0.5, 0.6) is 5.75 Å². The number of furan rings is 1. The lowest BCUT2D eigenvalue weighted by molar-refractivity contribution is -0.137. The van der Waals surface area contributed by atoms with E-state index in [0.29, 0.717) is 11.3 Å². The SMILES string of the molecule is COCCOc1ccc(C(F)(F)F)cc1NC(=O)COC(=O)c1ccc(C)c(NC(=O)c2ccco2)c1. The first-order valence-corrected chi connectivity index (χ1v) is 10.8. The van der Waals surface area contributed by atoms with Crippen LogP contribution in [-0.4, -0.2) is 44.7 Å². The topological polar surface area (TPSA) is 116 Å². The smallest absolute Gasteiger partial charge is 0.416 e. The number of benzene rings is 2. The average molecular weight is 520 g/mol. The minimum absolute atomic E-state index is 0.0137. The fraction of sp³-hybridized carbons (Fsp3) is 0.240. The van der Waals surface area contributed by atoms with Crippen LogP contribution in [-0.2, 0) is 20.4 Å². The summed E-state index contributed by atoms with van der Waals surface area (Å²) in [6.07, 6.45) is -3.30. The number of esters is 1. The third-order valence-electron chi connectivity index (χ3n) is 4.93. The summed E-state index contributed by atoms with van der Waals surface area (Å²) in [6.45, 7) is 1.13. The second-order valence-corrected chi connectivity index (χ2v) is 7.64. The molecule has 0 spiro atoms. The van der Waals surface area contributed by atoms with Gasteiger partial charge in [0.15, 0.2) is 12.4 Å². The molecule has 9 nitrogen and oxygen atoms in total. The maximum absolute atomic E-state index is 13.1. The Labute approximate surface area is 209 Å². The Morgan fingerprint density at radius 3 is 2.43 bits per heavy atom. The van der Waals surface area contributed by atoms with Gasteiger partial charge in [-0.1, -0.05) is 6.07 Å². The number of anilines is 2. The maximum atomic E-state index is 13.1. The number of hydrogen-bond acceptors (Lipinski definition) is 7. The molecule has 3 aromatic rings. The highest BCUT2D eigenvalue weighted by atomic mass is 19.4. The van der Waals surface area contributed by atoms with Gasteiger partial charge in [0, 0.05) is 12.8 Å². The molecule has 2 aromatic carbocycles. The first-order chi connectivity index (χ1) is 17.6. The molecule has 1 heterocycles. The maximum Gasteiger partial charge on any atom is 0.416 e. The van der Waals surface area contributed by atoms with Crippen LogP contribution in [0.2, 0.25) is 0 Å². The molecule has 0 radical (unpaired) electrons. The van der Waals surface area contributed by atoms with Crippen molar-refractivity contribution >= 4 is 29.2 Å². The highest BCUT2D eigenvalue weighted by molar-refractivity contribution is 6.03. The molecule has 2 amide bonds. The molecule has 0 unspecified atom stereocenters. The van der Waals surface area contributed by atoms with Gasteiger partial charge < -0.3 is 29.3 Å². The fourth-order valence-electron chi connectivity index (χ4n) is 3.04. The molecule has 0 aliphatic carbocycles. The summed E-state index contributed by atoms with van der Waals surface area (Å²) in [6, 6.07) is 10.0. The minimum Gasteiger partial charge on any atom is -0.489 e. The van der Waals surface area contributed by atoms with Gasteiger partial charge >= 0.3 is 12.1 Å². The fourth-order valence-corrected chi connectivity index (χ4v) is 3.04. The monoisotopic (exact) mass is 520 g/mol. The normalized spacial score (nSPS) is 11.1. The number of methoxy groups -OCH3 is 1. The summed E-state index contributed by atoms with van der Waals surface area (Å²) in [7, 11) is 1.43. The van der Waals surface area contributed by atoms with Crippen molar-refractivity contribution in [1.82, 2.24) is 0 Å². The van der Waals surface area contributed by atoms with Crippen LogP contribution in [0.4, 0.5) is 24.5 Å². The van der Waals surface area contributed by atoms with Gasteiger partial charge in [-0.2, -0.15) is 13.2 Å². The number of carbonyl (C=O) groups excluding carboxylic acids is 3. The van der Waals surface area contributed by atoms with E-state index in [0.717, 1.165) is 18.2 Å². The van der Waals surface area contributed by atoms with Gasteiger partial charge in [0.1, 0.15) is 12.4 Å². The molecular weight excluding hydrogens is 497 g/mol. The van der Waals surface area contributed by atoms with Crippen LogP contribution < -0.4 is 15.4 Å². The highest BCUT2D eigenvalue weighted by Gasteiger charge is 2.31. The molecule has 0 aliphatic heterocycles. The molecule has 12 heteroatoms. The Morgan fingerprint density at radius 1 is 0.973 bits per heavy atom. The number of rotatable bonds is 10. The van der Waals surface area contributed by atoms with Crippen molar-refractivity contribution in [3.8, 4) is 5.75 Å². The van der Waals surface area contributed by atoms with Crippen LogP contribution in [0.1, 0.15) is 32.0 Å². The zero-order valence-corrected chi connectivity index (χ0v) is 19.8. The second-order valence-electron chi connectivity index (χ2n) is 7.64. The molecular formula is C25H23F3N2O7. The van der Waals surface area contributed by atoms with E-state index < -0.39 is 36.1 Å². The number of nitrogens with one attached hydrogen (secondary N) is 2. The van der Waals surface area contributed by atoms with E-state index in [1.165, 1.54) is 31.6 Å². The number of alkyl halides is 3. The summed E-state index contributed by atoms with van der Waals surface area (Å²) in [4.78, 5) is 37.1. The first-order valence-electron chi connectivity index (χ1n) is 10.8. The molecule has 0 saturated carbocycles. The third kappa shape index (κ3) is 7.58. The molecule has 0 fully saturated rings. The molecule has 0 bridgehead atoms. The zero-order chi connectivity index (χ0) is 27.0. The first kappa shape index (κ1) is 27.3. The van der Waals surface area contributed by atoms with Crippen LogP contribution in [0.25, 0.3) is 0 Å². The number of carbonyl (C=O) groups is 3. The van der Waals surface area contributed by atoms with Crippen molar-refractivity contribution in [1.29, 1.82) is 0 Å². The summed E-state index contributed by atoms with van der Waals surface area (Å²) in [5, 5.41) is 4.89. The van der Waals surface area contributed by atoms with Crippen LogP contribution in [0, 0.1) is 6.92 Å². The Hall–Kier alpha value is -4.32. The molecule has 0 saturated heterocycles. The van der Waals surface area contributed by atoms with E-state index in [9.17, 15) is 27.6 Å². The van der Waals surface area contributed by atoms with Gasteiger partial charge in [0.25, 0.3) is 11.8 Å². The molecule has 196 valence electrons. The van der Waals surface area contributed by atoms with Crippen molar-refractivity contribution in [3.63, 3.8) is 0 Å². The number of ether oxygens (including phenoxy) is 3. The van der Waals surface area contributed by atoms with Crippen LogP contribution in [0.15, 0.2) is 59.2 Å². The lowest BCUT2D eigenvalue weighted by Crippen LogP contribution is -2.22. The van der Waals surface area contributed by atoms with Crippen molar-refractivity contribution in [2.45, 2.75) is 13.1 Å². The Morgan fingerprint density at radius 2 is 1.76 bits per heavy atom. The minimum atomic E-state index is -4.65. The number of hydrogen-bond donors (Lipinski definition) is 2. The highest BCUT2D eigenvalue weighted by Crippen LogP contribution is 2.35. The summed E-state index contributed by atoms with van der Waals surface area (Å²) < 4.78 is 59.6. The van der Waals surface area contributed by atoms with Crippen LogP contribution in [0.3, 0.4) is 0 Å².